The molecule has 1 aliphatic rings. The van der Waals surface area contributed by atoms with Gasteiger partial charge in [-0.1, -0.05) is 19.8 Å². The first-order chi connectivity index (χ1) is 17.0. The average molecular weight is 483 g/mol. The molecule has 9 heteroatoms. The van der Waals surface area contributed by atoms with Crippen LogP contribution in [0.25, 0.3) is 0 Å². The molecule has 188 valence electrons. The number of ketones is 1. The van der Waals surface area contributed by atoms with Crippen LogP contribution >= 0.6 is 0 Å². The number of esters is 1. The first-order valence-corrected chi connectivity index (χ1v) is 12.2. The van der Waals surface area contributed by atoms with Crippen molar-refractivity contribution in [2.75, 3.05) is 37.7 Å². The van der Waals surface area contributed by atoms with Gasteiger partial charge < -0.3 is 19.3 Å². The third kappa shape index (κ3) is 8.05. The summed E-state index contributed by atoms with van der Waals surface area (Å²) in [5, 5.41) is 0. The number of hydrogen-bond acceptors (Lipinski definition) is 8. The number of hydrogen-bond donors (Lipinski definition) is 0. The fourth-order valence-electron chi connectivity index (χ4n) is 3.78. The summed E-state index contributed by atoms with van der Waals surface area (Å²) in [7, 11) is 0. The highest BCUT2D eigenvalue weighted by atomic mass is 16.5. The molecule has 1 aromatic carbocycles. The Bertz CT molecular complexity index is 959. The number of ether oxygens (including phenoxy) is 2. The summed E-state index contributed by atoms with van der Waals surface area (Å²) in [6, 6.07) is 8.70. The maximum absolute atomic E-state index is 12.7. The molecule has 1 fully saturated rings. The van der Waals surface area contributed by atoms with Gasteiger partial charge in [0.2, 0.25) is 5.95 Å². The smallest absolute Gasteiger partial charge is 0.307 e. The lowest BCUT2D eigenvalue weighted by Crippen LogP contribution is -2.52. The molecule has 1 atom stereocenters. The number of aromatic nitrogens is 2. The molecule has 2 aromatic rings. The molecule has 1 aromatic heterocycles. The molecule has 1 saturated heterocycles. The summed E-state index contributed by atoms with van der Waals surface area (Å²) < 4.78 is 11.0. The quantitative estimate of drug-likeness (QED) is 0.258. The van der Waals surface area contributed by atoms with Crippen molar-refractivity contribution in [1.82, 2.24) is 14.9 Å². The van der Waals surface area contributed by atoms with Gasteiger partial charge in [0.1, 0.15) is 5.75 Å². The second-order valence-electron chi connectivity index (χ2n) is 8.50. The van der Waals surface area contributed by atoms with E-state index in [1.54, 1.807) is 54.5 Å². The lowest BCUT2D eigenvalue weighted by Gasteiger charge is -2.35. The number of anilines is 1. The molecule has 1 amide bonds. The Hall–Kier alpha value is -3.49. The van der Waals surface area contributed by atoms with E-state index in [0.717, 1.165) is 25.0 Å². The van der Waals surface area contributed by atoms with Crippen molar-refractivity contribution in [3.63, 3.8) is 0 Å². The van der Waals surface area contributed by atoms with E-state index >= 15 is 0 Å². The van der Waals surface area contributed by atoms with E-state index in [9.17, 15) is 14.4 Å². The number of carbonyl (C=O) groups is 3. The third-order valence-electron chi connectivity index (χ3n) is 5.83. The number of Topliss-reactive ketones (excluding diaryl/α,β-unsaturated/α-hetero) is 1. The third-order valence-corrected chi connectivity index (χ3v) is 5.83. The van der Waals surface area contributed by atoms with E-state index in [-0.39, 0.29) is 24.5 Å². The molecule has 2 heterocycles. The van der Waals surface area contributed by atoms with Gasteiger partial charge in [-0.2, -0.15) is 0 Å². The Kier molecular flexibility index (Phi) is 10.0. The summed E-state index contributed by atoms with van der Waals surface area (Å²) in [5.74, 6) is 0.399. The van der Waals surface area contributed by atoms with Crippen molar-refractivity contribution in [1.29, 1.82) is 0 Å². The molecule has 0 spiro atoms. The Morgan fingerprint density at radius 3 is 2.31 bits per heavy atom. The van der Waals surface area contributed by atoms with E-state index in [0.29, 0.717) is 44.3 Å². The van der Waals surface area contributed by atoms with Crippen molar-refractivity contribution < 1.29 is 23.9 Å². The van der Waals surface area contributed by atoms with Gasteiger partial charge in [-0.15, -0.1) is 0 Å². The fraction of sp³-hybridized carbons (Fsp3) is 0.500. The Morgan fingerprint density at radius 1 is 0.971 bits per heavy atom. The Morgan fingerprint density at radius 2 is 1.66 bits per heavy atom. The average Bonchev–Trinajstić information content (AvgIpc) is 2.90. The Labute approximate surface area is 206 Å². The van der Waals surface area contributed by atoms with Crippen molar-refractivity contribution >= 4 is 23.6 Å². The van der Waals surface area contributed by atoms with Crippen molar-refractivity contribution in [3.8, 4) is 5.75 Å². The zero-order chi connectivity index (χ0) is 25.0. The fourth-order valence-corrected chi connectivity index (χ4v) is 3.78. The molecule has 0 bridgehead atoms. The van der Waals surface area contributed by atoms with Crippen molar-refractivity contribution in [2.24, 2.45) is 0 Å². The van der Waals surface area contributed by atoms with Gasteiger partial charge in [0.15, 0.2) is 11.9 Å². The second kappa shape index (κ2) is 13.4. The number of amides is 1. The molecule has 1 unspecified atom stereocenters. The number of rotatable bonds is 12. The van der Waals surface area contributed by atoms with Gasteiger partial charge in [-0.3, -0.25) is 14.4 Å². The van der Waals surface area contributed by atoms with E-state index in [4.69, 9.17) is 9.47 Å². The molecule has 0 N–H and O–H groups in total. The number of carbonyl (C=O) groups excluding carboxylic acids is 3. The van der Waals surface area contributed by atoms with Gasteiger partial charge in [0.05, 0.1) is 13.0 Å². The van der Waals surface area contributed by atoms with Crippen molar-refractivity contribution in [3.05, 3.63) is 48.3 Å². The van der Waals surface area contributed by atoms with Crippen LogP contribution < -0.4 is 9.64 Å². The molecule has 0 saturated carbocycles. The predicted octanol–water partition coefficient (Wildman–Crippen LogP) is 3.29. The lowest BCUT2D eigenvalue weighted by atomic mass is 10.1. The van der Waals surface area contributed by atoms with Gasteiger partial charge in [0.25, 0.3) is 5.91 Å². The predicted molar refractivity (Wildman–Crippen MR) is 131 cm³/mol. The van der Waals surface area contributed by atoms with Gasteiger partial charge in [-0.25, -0.2) is 9.97 Å². The van der Waals surface area contributed by atoms with Gasteiger partial charge >= 0.3 is 5.97 Å². The summed E-state index contributed by atoms with van der Waals surface area (Å²) in [6.45, 7) is 6.56. The highest BCUT2D eigenvalue weighted by Crippen LogP contribution is 2.16. The number of piperazine rings is 1. The first-order valence-electron chi connectivity index (χ1n) is 12.2. The molecular weight excluding hydrogens is 448 g/mol. The molecule has 0 aliphatic carbocycles. The first kappa shape index (κ1) is 26.1. The van der Waals surface area contributed by atoms with Crippen LogP contribution in [0.2, 0.25) is 0 Å². The molecule has 0 radical (unpaired) electrons. The minimum Gasteiger partial charge on any atom is -0.494 e. The second-order valence-corrected chi connectivity index (χ2v) is 8.50. The number of unbranched alkanes of at least 4 members (excludes halogenated alkanes) is 2. The molecule has 1 aliphatic heterocycles. The minimum absolute atomic E-state index is 0.0200. The van der Waals surface area contributed by atoms with Crippen LogP contribution in [0.5, 0.6) is 5.75 Å². The van der Waals surface area contributed by atoms with Crippen LogP contribution in [0.15, 0.2) is 42.7 Å². The van der Waals surface area contributed by atoms with Crippen LogP contribution in [0.3, 0.4) is 0 Å². The summed E-state index contributed by atoms with van der Waals surface area (Å²) in [5.41, 5.74) is 0.517. The molecule has 9 nitrogen and oxygen atoms in total. The minimum atomic E-state index is -0.902. The summed E-state index contributed by atoms with van der Waals surface area (Å²) in [6.07, 6.45) is 5.67. The Balaban J connectivity index is 1.37. The van der Waals surface area contributed by atoms with Crippen LogP contribution in [0.4, 0.5) is 5.95 Å². The van der Waals surface area contributed by atoms with Gasteiger partial charge in [-0.05, 0) is 43.7 Å². The zero-order valence-corrected chi connectivity index (χ0v) is 20.5. The highest BCUT2D eigenvalue weighted by Gasteiger charge is 2.28. The summed E-state index contributed by atoms with van der Waals surface area (Å²) >= 11 is 0. The number of nitrogens with zero attached hydrogens (tertiary/aromatic N) is 4. The van der Waals surface area contributed by atoms with Crippen LogP contribution in [0.1, 0.15) is 56.3 Å². The normalized spacial score (nSPS) is 14.3. The molecule has 35 heavy (non-hydrogen) atoms. The SMILES string of the molecule is CCCCCOc1ccc(C(=O)CCC(=O)OC(C)C(=O)N2CCN(c3ncccn3)CC2)cc1. The van der Waals surface area contributed by atoms with Crippen LogP contribution in [0, 0.1) is 0 Å². The highest BCUT2D eigenvalue weighted by molar-refractivity contribution is 5.97. The zero-order valence-electron chi connectivity index (χ0n) is 20.5. The summed E-state index contributed by atoms with van der Waals surface area (Å²) in [4.78, 5) is 49.5. The van der Waals surface area contributed by atoms with Crippen LogP contribution in [-0.2, 0) is 14.3 Å². The van der Waals surface area contributed by atoms with Gasteiger partial charge in [0, 0.05) is 50.6 Å². The van der Waals surface area contributed by atoms with E-state index in [1.807, 2.05) is 4.90 Å². The maximum atomic E-state index is 12.7. The molecule has 3 rings (SSSR count). The lowest BCUT2D eigenvalue weighted by molar-refractivity contribution is -0.159. The van der Waals surface area contributed by atoms with Crippen molar-refractivity contribution in [2.45, 2.75) is 52.1 Å². The standard InChI is InChI=1S/C26H34N4O5/c1-3-4-5-19-34-22-9-7-21(8-10-22)23(31)11-12-24(32)35-20(2)25(33)29-15-17-30(18-16-29)26-27-13-6-14-28-26/h6-10,13-14,20H,3-5,11-12,15-19H2,1-2H3. The van der Waals surface area contributed by atoms with Crippen LogP contribution in [-0.4, -0.2) is 71.4 Å². The van der Waals surface area contributed by atoms with E-state index < -0.39 is 12.1 Å². The topological polar surface area (TPSA) is 102 Å². The van der Waals surface area contributed by atoms with E-state index in [1.165, 1.54) is 0 Å². The molecular formula is C26H34N4O5. The monoisotopic (exact) mass is 482 g/mol. The maximum Gasteiger partial charge on any atom is 0.307 e. The van der Waals surface area contributed by atoms with E-state index in [2.05, 4.69) is 16.9 Å². The largest absolute Gasteiger partial charge is 0.494 e. The number of benzene rings is 1.